The molecule has 0 aromatic heterocycles. The second kappa shape index (κ2) is 9.41. The average molecular weight is 334 g/mol. The summed E-state index contributed by atoms with van der Waals surface area (Å²) in [6.07, 6.45) is 1.72. The van der Waals surface area contributed by atoms with Crippen molar-refractivity contribution in [2.45, 2.75) is 31.6 Å². The van der Waals surface area contributed by atoms with Crippen molar-refractivity contribution in [1.82, 2.24) is 4.72 Å². The van der Waals surface area contributed by atoms with E-state index in [2.05, 4.69) is 18.6 Å². The van der Waals surface area contributed by atoms with Gasteiger partial charge in [0.25, 0.3) is 0 Å². The van der Waals surface area contributed by atoms with Crippen molar-refractivity contribution in [3.63, 3.8) is 0 Å². The number of hydrogen-bond donors (Lipinski definition) is 1. The highest BCUT2D eigenvalue weighted by Crippen LogP contribution is 2.11. The number of hydrogen-bond acceptors (Lipinski definition) is 3. The van der Waals surface area contributed by atoms with Gasteiger partial charge in [0.05, 0.1) is 11.5 Å². The first kappa shape index (κ1) is 18.4. The zero-order valence-corrected chi connectivity index (χ0v) is 14.2. The molecule has 0 spiro atoms. The predicted molar refractivity (Wildman–Crippen MR) is 86.3 cm³/mol. The highest BCUT2D eigenvalue weighted by molar-refractivity contribution is 7.89. The van der Waals surface area contributed by atoms with Gasteiger partial charge in [0.1, 0.15) is 0 Å². The third kappa shape index (κ3) is 7.27. The van der Waals surface area contributed by atoms with Crippen LogP contribution in [0.1, 0.15) is 25.8 Å². The molecule has 1 aromatic rings. The first-order valence-electron chi connectivity index (χ1n) is 7.18. The van der Waals surface area contributed by atoms with Crippen LogP contribution in [0.2, 0.25) is 0 Å². The number of benzene rings is 1. The van der Waals surface area contributed by atoms with Crippen molar-refractivity contribution in [1.29, 1.82) is 0 Å². The van der Waals surface area contributed by atoms with Gasteiger partial charge in [0.2, 0.25) is 10.0 Å². The van der Waals surface area contributed by atoms with Crippen LogP contribution in [-0.2, 0) is 21.2 Å². The Labute approximate surface area is 132 Å². The molecular weight excluding hydrogens is 310 g/mol. The predicted octanol–water partition coefficient (Wildman–Crippen LogP) is 2.81. The Morgan fingerprint density at radius 3 is 2.43 bits per heavy atom. The highest BCUT2D eigenvalue weighted by atomic mass is 35.5. The molecule has 0 fully saturated rings. The minimum atomic E-state index is -3.46. The molecule has 0 aliphatic heterocycles. The molecule has 0 aliphatic rings. The van der Waals surface area contributed by atoms with E-state index in [-0.39, 0.29) is 11.4 Å². The zero-order valence-electron chi connectivity index (χ0n) is 12.6. The topological polar surface area (TPSA) is 55.4 Å². The number of ether oxygens (including phenoxy) is 1. The normalized spacial score (nSPS) is 12.0. The molecule has 1 N–H and O–H groups in total. The van der Waals surface area contributed by atoms with E-state index in [1.54, 1.807) is 24.3 Å². The van der Waals surface area contributed by atoms with Crippen LogP contribution in [0, 0.1) is 5.92 Å². The molecule has 1 aromatic carbocycles. The lowest BCUT2D eigenvalue weighted by atomic mass is 10.1. The molecule has 0 radical (unpaired) electrons. The lowest BCUT2D eigenvalue weighted by molar-refractivity contribution is 0.128. The molecule has 0 atom stereocenters. The quantitative estimate of drug-likeness (QED) is 0.529. The fraction of sp³-hybridized carbons (Fsp3) is 0.600. The summed E-state index contributed by atoms with van der Waals surface area (Å²) in [5.74, 6) is 1.12. The standard InChI is InChI=1S/C15H24ClNO3S/c1-13(2)8-11-20-12-10-17-21(18,19)15-5-3-14(4-6-15)7-9-16/h3-6,13,17H,7-12H2,1-2H3. The van der Waals surface area contributed by atoms with Crippen molar-refractivity contribution in [2.75, 3.05) is 25.6 Å². The van der Waals surface area contributed by atoms with Gasteiger partial charge in [-0.15, -0.1) is 11.6 Å². The summed E-state index contributed by atoms with van der Waals surface area (Å²) in [6, 6.07) is 6.78. The molecule has 0 unspecified atom stereocenters. The molecular formula is C15H24ClNO3S. The fourth-order valence-corrected chi connectivity index (χ4v) is 2.93. The average Bonchev–Trinajstić information content (AvgIpc) is 2.43. The summed E-state index contributed by atoms with van der Waals surface area (Å²) in [5, 5.41) is 0. The summed E-state index contributed by atoms with van der Waals surface area (Å²) >= 11 is 5.65. The van der Waals surface area contributed by atoms with Crippen molar-refractivity contribution in [3.05, 3.63) is 29.8 Å². The Bertz CT molecular complexity index is 500. The van der Waals surface area contributed by atoms with E-state index in [9.17, 15) is 8.42 Å². The van der Waals surface area contributed by atoms with Crippen molar-refractivity contribution >= 4 is 21.6 Å². The molecule has 0 aliphatic carbocycles. The van der Waals surface area contributed by atoms with E-state index >= 15 is 0 Å². The molecule has 120 valence electrons. The molecule has 0 bridgehead atoms. The first-order chi connectivity index (χ1) is 9.95. The molecule has 0 saturated heterocycles. The zero-order chi connectivity index (χ0) is 15.7. The summed E-state index contributed by atoms with van der Waals surface area (Å²) in [4.78, 5) is 0.267. The maximum atomic E-state index is 12.0. The van der Waals surface area contributed by atoms with E-state index in [1.807, 2.05) is 0 Å². The van der Waals surface area contributed by atoms with E-state index < -0.39 is 10.0 Å². The summed E-state index contributed by atoms with van der Waals surface area (Å²) in [7, 11) is -3.46. The van der Waals surface area contributed by atoms with Gasteiger partial charge >= 0.3 is 0 Å². The minimum absolute atomic E-state index is 0.267. The number of halogens is 1. The van der Waals surface area contributed by atoms with Gasteiger partial charge in [-0.1, -0.05) is 26.0 Å². The van der Waals surface area contributed by atoms with E-state index in [0.717, 1.165) is 18.4 Å². The molecule has 1 rings (SSSR count). The van der Waals surface area contributed by atoms with Crippen LogP contribution in [0.25, 0.3) is 0 Å². The minimum Gasteiger partial charge on any atom is -0.380 e. The third-order valence-electron chi connectivity index (χ3n) is 2.99. The van der Waals surface area contributed by atoms with Gasteiger partial charge in [-0.05, 0) is 36.5 Å². The fourth-order valence-electron chi connectivity index (χ4n) is 1.70. The Morgan fingerprint density at radius 2 is 1.86 bits per heavy atom. The van der Waals surface area contributed by atoms with Crippen LogP contribution in [-0.4, -0.2) is 34.1 Å². The van der Waals surface area contributed by atoms with E-state index in [4.69, 9.17) is 16.3 Å². The Morgan fingerprint density at radius 1 is 1.19 bits per heavy atom. The summed E-state index contributed by atoms with van der Waals surface area (Å²) in [5.41, 5.74) is 1.03. The smallest absolute Gasteiger partial charge is 0.240 e. The summed E-state index contributed by atoms with van der Waals surface area (Å²) in [6.45, 7) is 5.58. The second-order valence-corrected chi connectivity index (χ2v) is 7.42. The molecule has 0 heterocycles. The second-order valence-electron chi connectivity index (χ2n) is 5.28. The van der Waals surface area contributed by atoms with Gasteiger partial charge in [0.15, 0.2) is 0 Å². The third-order valence-corrected chi connectivity index (χ3v) is 4.66. The lowest BCUT2D eigenvalue weighted by Crippen LogP contribution is -2.27. The van der Waals surface area contributed by atoms with Crippen LogP contribution in [0.15, 0.2) is 29.2 Å². The maximum Gasteiger partial charge on any atom is 0.240 e. The molecule has 0 saturated carbocycles. The maximum absolute atomic E-state index is 12.0. The van der Waals surface area contributed by atoms with E-state index in [1.165, 1.54) is 0 Å². The van der Waals surface area contributed by atoms with Crippen molar-refractivity contribution < 1.29 is 13.2 Å². The summed E-state index contributed by atoms with van der Waals surface area (Å²) < 4.78 is 32.0. The lowest BCUT2D eigenvalue weighted by Gasteiger charge is -2.09. The van der Waals surface area contributed by atoms with Gasteiger partial charge in [-0.25, -0.2) is 13.1 Å². The van der Waals surface area contributed by atoms with Crippen LogP contribution >= 0.6 is 11.6 Å². The van der Waals surface area contributed by atoms with E-state index in [0.29, 0.717) is 25.0 Å². The van der Waals surface area contributed by atoms with Gasteiger partial charge in [-0.3, -0.25) is 0 Å². The van der Waals surface area contributed by atoms with Crippen molar-refractivity contribution in [3.8, 4) is 0 Å². The number of nitrogens with one attached hydrogen (secondary N) is 1. The number of alkyl halides is 1. The van der Waals surface area contributed by atoms with Crippen LogP contribution in [0.5, 0.6) is 0 Å². The van der Waals surface area contributed by atoms with Crippen LogP contribution in [0.4, 0.5) is 0 Å². The Hall–Kier alpha value is -0.620. The van der Waals surface area contributed by atoms with Crippen LogP contribution < -0.4 is 4.72 Å². The number of aryl methyl sites for hydroxylation is 1. The highest BCUT2D eigenvalue weighted by Gasteiger charge is 2.12. The van der Waals surface area contributed by atoms with Gasteiger partial charge in [-0.2, -0.15) is 0 Å². The van der Waals surface area contributed by atoms with Crippen molar-refractivity contribution in [2.24, 2.45) is 5.92 Å². The SMILES string of the molecule is CC(C)CCOCCNS(=O)(=O)c1ccc(CCCl)cc1. The van der Waals surface area contributed by atoms with Gasteiger partial charge in [0, 0.05) is 19.0 Å². The molecule has 6 heteroatoms. The van der Waals surface area contributed by atoms with Gasteiger partial charge < -0.3 is 4.74 Å². The molecule has 0 amide bonds. The first-order valence-corrected chi connectivity index (χ1v) is 9.20. The number of sulfonamides is 1. The largest absolute Gasteiger partial charge is 0.380 e. The Kier molecular flexibility index (Phi) is 8.26. The number of rotatable bonds is 10. The molecule has 4 nitrogen and oxygen atoms in total. The Balaban J connectivity index is 2.39. The monoisotopic (exact) mass is 333 g/mol. The molecule has 21 heavy (non-hydrogen) atoms. The van der Waals surface area contributed by atoms with Crippen LogP contribution in [0.3, 0.4) is 0 Å².